The van der Waals surface area contributed by atoms with Crippen LogP contribution in [0.1, 0.15) is 11.7 Å². The van der Waals surface area contributed by atoms with E-state index in [0.29, 0.717) is 5.56 Å². The fraction of sp³-hybridized carbons (Fsp3) is 0.531. The molecule has 0 amide bonds. The van der Waals surface area contributed by atoms with E-state index < -0.39 is 134 Å². The lowest BCUT2D eigenvalue weighted by Gasteiger charge is -2.45. The first-order valence-electron chi connectivity index (χ1n) is 15.8. The number of aliphatic hydroxyl groups is 10. The van der Waals surface area contributed by atoms with Gasteiger partial charge < -0.3 is 89.4 Å². The van der Waals surface area contributed by atoms with E-state index >= 15 is 0 Å². The number of ether oxygens (including phenoxy) is 5. The van der Waals surface area contributed by atoms with Crippen molar-refractivity contribution in [1.29, 1.82) is 0 Å². The van der Waals surface area contributed by atoms with Crippen molar-refractivity contribution in [2.75, 3.05) is 19.8 Å². The zero-order valence-electron chi connectivity index (χ0n) is 26.4. The lowest BCUT2D eigenvalue weighted by Crippen LogP contribution is -2.60. The largest absolute Gasteiger partial charge is 0.508 e. The summed E-state index contributed by atoms with van der Waals surface area (Å²) in [5, 5.41) is 125. The molecule has 12 N–H and O–H groups in total. The number of rotatable bonds is 8. The Morgan fingerprint density at radius 2 is 1.35 bits per heavy atom. The standard InChI is InChI=1S/C32H38O19/c33-7-17-23(40)26(43)30(51-31-27(44)21(38)13(37)9-46-31)29(48-17)20-16(49-32-28(45)25(42)22(39)18(8-34)50-32)6-15-19(24(20)41)12(36)5-14(47-15)10-1-3-11(35)4-2-10/h1-6,13,17-18,21-23,25-35,37-45H,7-9H2/t13-,17+,18+,21-,22+,23+,25-,26-,27+,28+,29-,30+,31-,32+/m0/s1. The molecule has 0 saturated carbocycles. The van der Waals surface area contributed by atoms with Crippen molar-refractivity contribution in [2.24, 2.45) is 0 Å². The second-order valence-corrected chi connectivity index (χ2v) is 12.5. The van der Waals surface area contributed by atoms with Gasteiger partial charge in [-0.3, -0.25) is 4.79 Å². The van der Waals surface area contributed by atoms with Gasteiger partial charge in [0.25, 0.3) is 0 Å². The summed E-state index contributed by atoms with van der Waals surface area (Å²) in [6.07, 6.45) is -25.1. The van der Waals surface area contributed by atoms with Crippen LogP contribution >= 0.6 is 0 Å². The molecule has 2 aromatic carbocycles. The summed E-state index contributed by atoms with van der Waals surface area (Å²) in [6, 6.07) is 7.62. The smallest absolute Gasteiger partial charge is 0.229 e. The van der Waals surface area contributed by atoms with E-state index in [9.17, 15) is 66.1 Å². The van der Waals surface area contributed by atoms with E-state index in [1.807, 2.05) is 0 Å². The van der Waals surface area contributed by atoms with Crippen LogP contribution in [0.15, 0.2) is 45.6 Å². The van der Waals surface area contributed by atoms with Crippen LogP contribution in [-0.2, 0) is 18.9 Å². The van der Waals surface area contributed by atoms with E-state index in [1.165, 1.54) is 24.3 Å². The summed E-state index contributed by atoms with van der Waals surface area (Å²) in [5.74, 6) is -1.56. The van der Waals surface area contributed by atoms with Crippen molar-refractivity contribution in [2.45, 2.75) is 85.8 Å². The molecule has 3 aliphatic heterocycles. The molecule has 3 aromatic rings. The number of hydrogen-bond donors (Lipinski definition) is 12. The second kappa shape index (κ2) is 14.8. The van der Waals surface area contributed by atoms with Crippen LogP contribution in [0.4, 0.5) is 0 Å². The number of phenolic OH excluding ortho intramolecular Hbond substituents is 2. The average molecular weight is 727 g/mol. The molecule has 3 saturated heterocycles. The first-order chi connectivity index (χ1) is 24.2. The van der Waals surface area contributed by atoms with Crippen LogP contribution in [0.3, 0.4) is 0 Å². The van der Waals surface area contributed by atoms with Gasteiger partial charge in [0.2, 0.25) is 6.29 Å². The Balaban J connectivity index is 1.52. The molecule has 4 heterocycles. The van der Waals surface area contributed by atoms with Crippen LogP contribution in [0.2, 0.25) is 0 Å². The molecule has 19 heteroatoms. The first-order valence-corrected chi connectivity index (χ1v) is 15.8. The maximum atomic E-state index is 13.6. The molecule has 0 aliphatic carbocycles. The zero-order valence-corrected chi connectivity index (χ0v) is 26.4. The SMILES string of the molecule is O=c1cc(-c2ccc(O)cc2)oc2cc(O[C@@H]3O[C@H](CO)[C@@H](O)[C@H](O)[C@H]3O)c([C@@H]3O[C@H](CO)[C@@H](O)[C@H](O)[C@H]3O[C@@H]3OC[C@H](O)[C@H](O)[C@H]3O)c(O)c12. The summed E-state index contributed by atoms with van der Waals surface area (Å²) < 4.78 is 34.3. The highest BCUT2D eigenvalue weighted by atomic mass is 16.7. The zero-order chi connectivity index (χ0) is 36.9. The van der Waals surface area contributed by atoms with Crippen LogP contribution in [-0.4, -0.2) is 161 Å². The molecule has 14 atom stereocenters. The maximum Gasteiger partial charge on any atom is 0.229 e. The molecular formula is C32H38O19. The molecule has 3 fully saturated rings. The van der Waals surface area contributed by atoms with E-state index in [2.05, 4.69) is 0 Å². The van der Waals surface area contributed by atoms with Gasteiger partial charge in [-0.1, -0.05) is 0 Å². The third kappa shape index (κ3) is 6.90. The molecule has 0 bridgehead atoms. The van der Waals surface area contributed by atoms with Gasteiger partial charge in [-0.15, -0.1) is 0 Å². The van der Waals surface area contributed by atoms with Gasteiger partial charge in [0, 0.05) is 17.7 Å². The Morgan fingerprint density at radius 1 is 0.725 bits per heavy atom. The molecule has 6 rings (SSSR count). The highest BCUT2D eigenvalue weighted by Gasteiger charge is 2.52. The monoisotopic (exact) mass is 726 g/mol. The normalized spacial score (nSPS) is 37.4. The highest BCUT2D eigenvalue weighted by Crippen LogP contribution is 2.47. The Morgan fingerprint density at radius 3 is 2.02 bits per heavy atom. The summed E-state index contributed by atoms with van der Waals surface area (Å²) in [4.78, 5) is 13.6. The van der Waals surface area contributed by atoms with Crippen molar-refractivity contribution in [3.8, 4) is 28.6 Å². The fourth-order valence-corrected chi connectivity index (χ4v) is 6.25. The minimum atomic E-state index is -2.00. The minimum Gasteiger partial charge on any atom is -0.508 e. The number of phenols is 2. The molecule has 0 spiro atoms. The van der Waals surface area contributed by atoms with Crippen molar-refractivity contribution in [3.63, 3.8) is 0 Å². The topological polar surface area (TPSA) is 319 Å². The minimum absolute atomic E-state index is 0.0309. The molecule has 19 nitrogen and oxygen atoms in total. The molecule has 0 radical (unpaired) electrons. The Bertz CT molecular complexity index is 1730. The lowest BCUT2D eigenvalue weighted by molar-refractivity contribution is -0.325. The van der Waals surface area contributed by atoms with E-state index in [4.69, 9.17) is 28.1 Å². The Labute approximate surface area is 286 Å². The van der Waals surface area contributed by atoms with Gasteiger partial charge in [-0.05, 0) is 24.3 Å². The van der Waals surface area contributed by atoms with E-state index in [-0.39, 0.29) is 17.1 Å². The summed E-state index contributed by atoms with van der Waals surface area (Å²) in [7, 11) is 0. The lowest BCUT2D eigenvalue weighted by atomic mass is 9.89. The van der Waals surface area contributed by atoms with Gasteiger partial charge >= 0.3 is 0 Å². The van der Waals surface area contributed by atoms with Crippen LogP contribution in [0, 0.1) is 0 Å². The first kappa shape index (κ1) is 37.3. The van der Waals surface area contributed by atoms with Crippen molar-refractivity contribution < 1.29 is 89.4 Å². The van der Waals surface area contributed by atoms with Gasteiger partial charge in [0.15, 0.2) is 11.7 Å². The average Bonchev–Trinajstić information content (AvgIpc) is 3.11. The quantitative estimate of drug-likeness (QED) is 0.105. The molecule has 1 aromatic heterocycles. The van der Waals surface area contributed by atoms with Crippen LogP contribution < -0.4 is 10.2 Å². The predicted molar refractivity (Wildman–Crippen MR) is 165 cm³/mol. The molecule has 3 aliphatic rings. The van der Waals surface area contributed by atoms with Crippen molar-refractivity contribution in [1.82, 2.24) is 0 Å². The number of aliphatic hydroxyl groups excluding tert-OH is 10. The summed E-state index contributed by atoms with van der Waals surface area (Å²) in [5.41, 5.74) is -1.36. The molecule has 51 heavy (non-hydrogen) atoms. The summed E-state index contributed by atoms with van der Waals surface area (Å²) >= 11 is 0. The van der Waals surface area contributed by atoms with E-state index in [1.54, 1.807) is 0 Å². The molecular weight excluding hydrogens is 688 g/mol. The second-order valence-electron chi connectivity index (χ2n) is 12.5. The number of fused-ring (bicyclic) bond motifs is 1. The van der Waals surface area contributed by atoms with E-state index in [0.717, 1.165) is 12.1 Å². The molecule has 280 valence electrons. The van der Waals surface area contributed by atoms with Crippen LogP contribution in [0.5, 0.6) is 17.2 Å². The van der Waals surface area contributed by atoms with Crippen molar-refractivity contribution in [3.05, 3.63) is 52.2 Å². The molecule has 0 unspecified atom stereocenters. The number of hydrogen-bond acceptors (Lipinski definition) is 19. The maximum absolute atomic E-state index is 13.6. The van der Waals surface area contributed by atoms with Gasteiger partial charge in [-0.25, -0.2) is 0 Å². The Kier molecular flexibility index (Phi) is 10.8. The Hall–Kier alpha value is -3.51. The summed E-state index contributed by atoms with van der Waals surface area (Å²) in [6.45, 7) is -2.26. The van der Waals surface area contributed by atoms with Gasteiger partial charge in [-0.2, -0.15) is 0 Å². The number of benzene rings is 2. The van der Waals surface area contributed by atoms with Crippen molar-refractivity contribution >= 4 is 11.0 Å². The van der Waals surface area contributed by atoms with Crippen LogP contribution in [0.25, 0.3) is 22.3 Å². The predicted octanol–water partition coefficient (Wildman–Crippen LogP) is -3.97. The van der Waals surface area contributed by atoms with Gasteiger partial charge in [0.1, 0.15) is 107 Å². The third-order valence-corrected chi connectivity index (χ3v) is 9.14. The highest BCUT2D eigenvalue weighted by molar-refractivity contribution is 5.88. The third-order valence-electron chi connectivity index (χ3n) is 9.14. The fourth-order valence-electron chi connectivity index (χ4n) is 6.25. The number of aromatic hydroxyl groups is 2. The van der Waals surface area contributed by atoms with Gasteiger partial charge in [0.05, 0.1) is 25.4 Å².